The minimum absolute atomic E-state index is 0.166. The van der Waals surface area contributed by atoms with Gasteiger partial charge in [-0.05, 0) is 74.3 Å². The summed E-state index contributed by atoms with van der Waals surface area (Å²) in [5.74, 6) is 0.256. The molecule has 0 atom stereocenters. The van der Waals surface area contributed by atoms with E-state index < -0.39 is 0 Å². The third-order valence-corrected chi connectivity index (χ3v) is 9.52. The maximum absolute atomic E-state index is 12.7. The third-order valence-electron chi connectivity index (χ3n) is 9.52. The Hall–Kier alpha value is -5.77. The number of hydrogen-bond donors (Lipinski definition) is 2. The summed E-state index contributed by atoms with van der Waals surface area (Å²) in [6.07, 6.45) is 26.9. The van der Waals surface area contributed by atoms with Gasteiger partial charge in [-0.15, -0.1) is 0 Å². The fourth-order valence-electron chi connectivity index (χ4n) is 6.81. The van der Waals surface area contributed by atoms with E-state index >= 15 is 0 Å². The average Bonchev–Trinajstić information content (AvgIpc) is 4.01. The van der Waals surface area contributed by atoms with Crippen LogP contribution in [0.25, 0.3) is 11.1 Å². The number of aliphatic imine (C=N–C) groups is 3. The normalized spacial score (nSPS) is 18.5. The van der Waals surface area contributed by atoms with Crippen LogP contribution in [0.2, 0.25) is 0 Å². The van der Waals surface area contributed by atoms with Crippen LogP contribution >= 0.6 is 0 Å². The number of esters is 2. The molecular weight excluding hydrogens is 665 g/mol. The number of nitrogens with zero attached hydrogens (tertiary/aromatic N) is 4. The quantitative estimate of drug-likeness (QED) is 0.101. The zero-order chi connectivity index (χ0) is 37.2. The molecule has 53 heavy (non-hydrogen) atoms. The molecule has 0 aromatic carbocycles. The number of allylic oxidation sites excluding steroid dienone is 10. The predicted octanol–water partition coefficient (Wildman–Crippen LogP) is 8.33. The molecule has 0 spiro atoms. The summed E-state index contributed by atoms with van der Waals surface area (Å²) in [6.45, 7) is 9.89. The van der Waals surface area contributed by atoms with Crippen molar-refractivity contribution in [3.05, 3.63) is 132 Å². The number of carbonyl (C=O) groups is 2. The molecule has 0 radical (unpaired) electrons. The number of carbonyl (C=O) groups excluding carboxylic acids is 2. The Bertz CT molecular complexity index is 2000. The topological polar surface area (TPSA) is 121 Å². The molecule has 10 nitrogen and oxygen atoms in total. The highest BCUT2D eigenvalue weighted by molar-refractivity contribution is 6.31. The van der Waals surface area contributed by atoms with Crippen LogP contribution in [0.15, 0.2) is 135 Å². The standard InChI is InChI=1S/C43H48N6O4/c1-5-8-9-10-11-12-29-32-15-17-34(45-32)30(13-23-40(50)52-27-6-2)36-19-21-38(47-36)42(43-44-25-26-49(43)4)39-22-20-37(48-39)31(35-18-16-33(29)46-35)14-24-41(51)53-28-7-3/h6-7,15-22,25-26,44,47H,2-3,5,8-14,23-24,27-28H2,1,4H3. The molecule has 0 unspecified atom stereocenters. The lowest BCUT2D eigenvalue weighted by Crippen LogP contribution is -2.19. The summed E-state index contributed by atoms with van der Waals surface area (Å²) in [7, 11) is 1.98. The van der Waals surface area contributed by atoms with Crippen molar-refractivity contribution in [2.75, 3.05) is 20.3 Å². The molecule has 0 amide bonds. The Morgan fingerprint density at radius 3 is 1.87 bits per heavy atom. The lowest BCUT2D eigenvalue weighted by Gasteiger charge is -2.17. The summed E-state index contributed by atoms with van der Waals surface area (Å²) in [5.41, 5.74) is 10.2. The summed E-state index contributed by atoms with van der Waals surface area (Å²) < 4.78 is 10.7. The van der Waals surface area contributed by atoms with Gasteiger partial charge in [0.05, 0.1) is 45.5 Å². The van der Waals surface area contributed by atoms with E-state index in [4.69, 9.17) is 24.5 Å². The fraction of sp³-hybridized carbons (Fsp3) is 0.326. The molecule has 274 valence electrons. The van der Waals surface area contributed by atoms with Crippen molar-refractivity contribution in [2.45, 2.75) is 71.1 Å². The molecule has 2 N–H and O–H groups in total. The van der Waals surface area contributed by atoms with Gasteiger partial charge >= 0.3 is 11.9 Å². The van der Waals surface area contributed by atoms with Gasteiger partial charge in [-0.25, -0.2) is 15.0 Å². The smallest absolute Gasteiger partial charge is 0.306 e. The van der Waals surface area contributed by atoms with E-state index in [1.807, 2.05) is 60.8 Å². The molecule has 5 aliphatic heterocycles. The summed E-state index contributed by atoms with van der Waals surface area (Å²) in [6, 6.07) is 4.07. The number of fused-ring (bicyclic) bond motifs is 5. The van der Waals surface area contributed by atoms with E-state index in [2.05, 4.69) is 42.5 Å². The van der Waals surface area contributed by atoms with Gasteiger partial charge in [0.2, 0.25) is 0 Å². The Morgan fingerprint density at radius 2 is 1.26 bits per heavy atom. The zero-order valence-corrected chi connectivity index (χ0v) is 30.7. The van der Waals surface area contributed by atoms with Crippen LogP contribution in [0.5, 0.6) is 0 Å². The van der Waals surface area contributed by atoms with E-state index in [0.29, 0.717) is 12.8 Å². The first kappa shape index (κ1) is 37.0. The fourth-order valence-corrected chi connectivity index (χ4v) is 6.81. The number of unbranched alkanes of at least 4 members (excludes halogenated alkanes) is 4. The summed E-state index contributed by atoms with van der Waals surface area (Å²) >= 11 is 0. The van der Waals surface area contributed by atoms with Crippen LogP contribution in [0.3, 0.4) is 0 Å². The molecular formula is C43H48N6O4. The minimum Gasteiger partial charge on any atom is -0.461 e. The lowest BCUT2D eigenvalue weighted by molar-refractivity contribution is -0.143. The van der Waals surface area contributed by atoms with Crippen molar-refractivity contribution in [1.29, 1.82) is 0 Å². The third kappa shape index (κ3) is 8.83. The van der Waals surface area contributed by atoms with E-state index in [-0.39, 0.29) is 38.0 Å². The van der Waals surface area contributed by atoms with Crippen molar-refractivity contribution in [3.8, 4) is 0 Å². The second-order valence-electron chi connectivity index (χ2n) is 13.3. The molecule has 6 heterocycles. The SMILES string of the molecule is C=CCOC(=O)CCC1=C2C=CC(=N2)C(=C2NC=CN2C)c2ccc([nH]2)C(CCC(=O)OCC=C)=C2C=CC(=N2)C(CCCCCCC)=C2C=CC1=N2. The number of ether oxygens (including phenoxy) is 2. The minimum atomic E-state index is -0.304. The van der Waals surface area contributed by atoms with Gasteiger partial charge in [0.1, 0.15) is 19.0 Å². The van der Waals surface area contributed by atoms with Crippen LogP contribution in [0, 0.1) is 0 Å². The number of aromatic nitrogens is 1. The highest BCUT2D eigenvalue weighted by atomic mass is 16.5. The van der Waals surface area contributed by atoms with Gasteiger partial charge < -0.3 is 24.7 Å². The van der Waals surface area contributed by atoms with Crippen LogP contribution in [-0.2, 0) is 19.1 Å². The van der Waals surface area contributed by atoms with Crippen molar-refractivity contribution in [3.63, 3.8) is 0 Å². The second-order valence-corrected chi connectivity index (χ2v) is 13.3. The monoisotopic (exact) mass is 712 g/mol. The number of rotatable bonds is 16. The van der Waals surface area contributed by atoms with Crippen LogP contribution < -0.4 is 5.32 Å². The van der Waals surface area contributed by atoms with Crippen molar-refractivity contribution < 1.29 is 19.1 Å². The van der Waals surface area contributed by atoms with Crippen LogP contribution in [0.4, 0.5) is 0 Å². The zero-order valence-electron chi connectivity index (χ0n) is 30.7. The molecule has 8 bridgehead atoms. The first-order chi connectivity index (χ1) is 25.9. The molecule has 0 saturated carbocycles. The van der Waals surface area contributed by atoms with Crippen molar-refractivity contribution in [2.24, 2.45) is 15.0 Å². The number of aromatic amines is 1. The molecule has 1 aromatic rings. The van der Waals surface area contributed by atoms with Crippen LogP contribution in [-0.4, -0.2) is 59.2 Å². The molecule has 10 heteroatoms. The highest BCUT2D eigenvalue weighted by Crippen LogP contribution is 2.36. The number of hydrogen-bond acceptors (Lipinski definition) is 9. The average molecular weight is 713 g/mol. The van der Waals surface area contributed by atoms with Gasteiger partial charge in [-0.3, -0.25) is 9.59 Å². The molecule has 0 aliphatic carbocycles. The Balaban J connectivity index is 1.51. The number of H-pyrrole nitrogens is 1. The maximum Gasteiger partial charge on any atom is 0.306 e. The second kappa shape index (κ2) is 17.6. The van der Waals surface area contributed by atoms with Gasteiger partial charge in [0, 0.05) is 54.7 Å². The van der Waals surface area contributed by atoms with E-state index in [1.54, 1.807) is 12.2 Å². The number of nitrogens with one attached hydrogen (secondary N) is 2. The van der Waals surface area contributed by atoms with Crippen LogP contribution in [0.1, 0.15) is 82.5 Å². The first-order valence-electron chi connectivity index (χ1n) is 18.5. The van der Waals surface area contributed by atoms with Crippen molar-refractivity contribution in [1.82, 2.24) is 15.2 Å². The molecule has 1 aromatic heterocycles. The first-order valence-corrected chi connectivity index (χ1v) is 18.5. The molecule has 6 rings (SSSR count). The highest BCUT2D eigenvalue weighted by Gasteiger charge is 2.27. The Kier molecular flexibility index (Phi) is 12.3. The molecule has 5 aliphatic rings. The van der Waals surface area contributed by atoms with E-state index in [1.165, 1.54) is 19.3 Å². The Morgan fingerprint density at radius 1 is 0.717 bits per heavy atom. The van der Waals surface area contributed by atoms with Gasteiger partial charge in [-0.2, -0.15) is 0 Å². The van der Waals surface area contributed by atoms with E-state index in [9.17, 15) is 9.59 Å². The van der Waals surface area contributed by atoms with Gasteiger partial charge in [-0.1, -0.05) is 57.9 Å². The summed E-state index contributed by atoms with van der Waals surface area (Å²) in [4.78, 5) is 46.7. The lowest BCUT2D eigenvalue weighted by atomic mass is 10.00. The van der Waals surface area contributed by atoms with Gasteiger partial charge in [0.25, 0.3) is 0 Å². The van der Waals surface area contributed by atoms with Gasteiger partial charge in [0.15, 0.2) is 0 Å². The van der Waals surface area contributed by atoms with Crippen molar-refractivity contribution >= 4 is 40.2 Å². The molecule has 0 saturated heterocycles. The Labute approximate surface area is 311 Å². The molecule has 0 fully saturated rings. The predicted molar refractivity (Wildman–Crippen MR) is 213 cm³/mol. The van der Waals surface area contributed by atoms with E-state index in [0.717, 1.165) is 93.0 Å². The summed E-state index contributed by atoms with van der Waals surface area (Å²) in [5, 5.41) is 3.39. The largest absolute Gasteiger partial charge is 0.461 e. The maximum atomic E-state index is 12.7.